The number of methoxy groups -OCH3 is 1. The van der Waals surface area contributed by atoms with E-state index < -0.39 is 0 Å². The minimum Gasteiger partial charge on any atom is -0.383 e. The Morgan fingerprint density at radius 3 is 2.93 bits per heavy atom. The van der Waals surface area contributed by atoms with Gasteiger partial charge in [0, 0.05) is 51.2 Å². The summed E-state index contributed by atoms with van der Waals surface area (Å²) in [6.45, 7) is 2.85. The van der Waals surface area contributed by atoms with Crippen LogP contribution < -0.4 is 10.2 Å². The summed E-state index contributed by atoms with van der Waals surface area (Å²) in [5, 5.41) is 8.62. The van der Waals surface area contributed by atoms with Crippen LogP contribution in [0.15, 0.2) is 30.5 Å². The maximum atomic E-state index is 11.4. The summed E-state index contributed by atoms with van der Waals surface area (Å²) in [6.07, 6.45) is 4.09. The number of anilines is 2. The van der Waals surface area contributed by atoms with Crippen LogP contribution in [0.5, 0.6) is 0 Å². The number of pyridine rings is 2. The van der Waals surface area contributed by atoms with Crippen LogP contribution >= 0.6 is 0 Å². The molecule has 0 atom stereocenters. The molecule has 1 amide bonds. The molecular formula is C20H24N6O2. The molecule has 0 bridgehead atoms. The summed E-state index contributed by atoms with van der Waals surface area (Å²) in [5.41, 5.74) is 1.95. The van der Waals surface area contributed by atoms with Gasteiger partial charge in [-0.2, -0.15) is 5.10 Å². The van der Waals surface area contributed by atoms with Gasteiger partial charge in [-0.05, 0) is 25.0 Å². The number of rotatable bonds is 7. The van der Waals surface area contributed by atoms with Crippen molar-refractivity contribution in [2.75, 3.05) is 37.5 Å². The Bertz CT molecular complexity index is 1010. The highest BCUT2D eigenvalue weighted by molar-refractivity contribution is 5.91. The molecule has 1 aliphatic carbocycles. The van der Waals surface area contributed by atoms with Gasteiger partial charge in [0.15, 0.2) is 5.82 Å². The molecule has 1 aliphatic rings. The quantitative estimate of drug-likeness (QED) is 0.678. The molecule has 1 N–H and O–H groups in total. The molecule has 8 nitrogen and oxygen atoms in total. The summed E-state index contributed by atoms with van der Waals surface area (Å²) >= 11 is 0. The molecule has 0 aromatic carbocycles. The van der Waals surface area contributed by atoms with Crippen molar-refractivity contribution in [2.45, 2.75) is 25.7 Å². The molecular weight excluding hydrogens is 356 g/mol. The van der Waals surface area contributed by atoms with E-state index in [9.17, 15) is 4.79 Å². The summed E-state index contributed by atoms with van der Waals surface area (Å²) < 4.78 is 7.01. The molecule has 0 aliphatic heterocycles. The van der Waals surface area contributed by atoms with Gasteiger partial charge < -0.3 is 15.0 Å². The van der Waals surface area contributed by atoms with E-state index in [1.54, 1.807) is 13.3 Å². The number of nitrogens with zero attached hydrogens (tertiary/aromatic N) is 5. The van der Waals surface area contributed by atoms with Crippen LogP contribution in [-0.2, 0) is 9.53 Å². The third kappa shape index (κ3) is 3.68. The van der Waals surface area contributed by atoms with Crippen LogP contribution in [0, 0.1) is 0 Å². The van der Waals surface area contributed by atoms with Gasteiger partial charge in [-0.3, -0.25) is 4.79 Å². The largest absolute Gasteiger partial charge is 0.383 e. The predicted octanol–water partition coefficient (Wildman–Crippen LogP) is 2.73. The van der Waals surface area contributed by atoms with Gasteiger partial charge in [-0.25, -0.2) is 14.6 Å². The van der Waals surface area contributed by atoms with E-state index in [0.717, 1.165) is 47.6 Å². The summed E-state index contributed by atoms with van der Waals surface area (Å²) in [4.78, 5) is 22.6. The Morgan fingerprint density at radius 1 is 1.39 bits per heavy atom. The Morgan fingerprint density at radius 2 is 2.21 bits per heavy atom. The van der Waals surface area contributed by atoms with Crippen LogP contribution in [0.1, 0.15) is 31.4 Å². The summed E-state index contributed by atoms with van der Waals surface area (Å²) in [7, 11) is 3.68. The Hall–Kier alpha value is -3.00. The lowest BCUT2D eigenvalue weighted by molar-refractivity contribution is -0.114. The molecule has 0 saturated heterocycles. The fraction of sp³-hybridized carbons (Fsp3) is 0.400. The number of ether oxygens (including phenoxy) is 1. The maximum Gasteiger partial charge on any atom is 0.222 e. The van der Waals surface area contributed by atoms with Crippen molar-refractivity contribution in [1.82, 2.24) is 19.7 Å². The van der Waals surface area contributed by atoms with Crippen LogP contribution in [0.3, 0.4) is 0 Å². The van der Waals surface area contributed by atoms with Gasteiger partial charge in [0.1, 0.15) is 11.6 Å². The number of hydrogen-bond donors (Lipinski definition) is 1. The van der Waals surface area contributed by atoms with Crippen molar-refractivity contribution in [3.05, 3.63) is 36.2 Å². The molecule has 8 heteroatoms. The average molecular weight is 380 g/mol. The topological polar surface area (TPSA) is 85.2 Å². The highest BCUT2D eigenvalue weighted by Gasteiger charge is 2.30. The summed E-state index contributed by atoms with van der Waals surface area (Å²) in [6, 6.07) is 7.74. The number of nitrogens with one attached hydrogen (secondary N) is 1. The van der Waals surface area contributed by atoms with E-state index in [0.29, 0.717) is 18.3 Å². The third-order valence-corrected chi connectivity index (χ3v) is 4.82. The first-order valence-corrected chi connectivity index (χ1v) is 9.40. The lowest BCUT2D eigenvalue weighted by atomic mass is 10.2. The number of carbonyl (C=O) groups excluding carboxylic acids is 1. The summed E-state index contributed by atoms with van der Waals surface area (Å²) in [5.74, 6) is 2.42. The third-order valence-electron chi connectivity index (χ3n) is 4.82. The zero-order valence-electron chi connectivity index (χ0n) is 16.3. The highest BCUT2D eigenvalue weighted by Crippen LogP contribution is 2.42. The zero-order valence-corrected chi connectivity index (χ0v) is 16.3. The van der Waals surface area contributed by atoms with Gasteiger partial charge in [-0.15, -0.1) is 0 Å². The molecule has 1 saturated carbocycles. The fourth-order valence-electron chi connectivity index (χ4n) is 3.20. The Balaban J connectivity index is 1.78. The fourth-order valence-corrected chi connectivity index (χ4v) is 3.20. The molecule has 4 rings (SSSR count). The van der Waals surface area contributed by atoms with Crippen LogP contribution in [0.2, 0.25) is 0 Å². The lowest BCUT2D eigenvalue weighted by Gasteiger charge is -2.18. The average Bonchev–Trinajstić information content (AvgIpc) is 3.46. The molecule has 3 heterocycles. The SMILES string of the molecule is COCCN(C)c1cccc(-n2nc(C3CC3)c3cnc(NC(C)=O)cc32)n1. The van der Waals surface area contributed by atoms with E-state index >= 15 is 0 Å². The number of amides is 1. The Labute approximate surface area is 163 Å². The minimum absolute atomic E-state index is 0.153. The number of aromatic nitrogens is 4. The molecule has 146 valence electrons. The monoisotopic (exact) mass is 380 g/mol. The van der Waals surface area contributed by atoms with Crippen molar-refractivity contribution in [3.63, 3.8) is 0 Å². The second-order valence-corrected chi connectivity index (χ2v) is 7.11. The maximum absolute atomic E-state index is 11.4. The van der Waals surface area contributed by atoms with Crippen LogP contribution in [-0.4, -0.2) is 53.0 Å². The smallest absolute Gasteiger partial charge is 0.222 e. The standard InChI is InChI=1S/C20H24N6O2/c1-13(27)22-17-11-16-15(12-21-17)20(14-7-8-14)24-26(16)19-6-4-5-18(23-19)25(2)9-10-28-3/h4-6,11-12,14H,7-10H2,1-3H3,(H,21,22,27). The van der Waals surface area contributed by atoms with E-state index in [1.807, 2.05) is 40.9 Å². The van der Waals surface area contributed by atoms with Crippen molar-refractivity contribution in [1.29, 1.82) is 0 Å². The van der Waals surface area contributed by atoms with Crippen LogP contribution in [0.25, 0.3) is 16.7 Å². The number of fused-ring (bicyclic) bond motifs is 1. The highest BCUT2D eigenvalue weighted by atomic mass is 16.5. The first-order valence-electron chi connectivity index (χ1n) is 9.40. The normalized spacial score (nSPS) is 13.7. The van der Waals surface area contributed by atoms with Crippen molar-refractivity contribution >= 4 is 28.4 Å². The number of likely N-dealkylation sites (N-methyl/N-ethyl adjacent to an activating group) is 1. The number of hydrogen-bond acceptors (Lipinski definition) is 6. The van der Waals surface area contributed by atoms with E-state index in [1.165, 1.54) is 6.92 Å². The zero-order chi connectivity index (χ0) is 19.7. The molecule has 0 radical (unpaired) electrons. The van der Waals surface area contributed by atoms with Gasteiger partial charge >= 0.3 is 0 Å². The van der Waals surface area contributed by atoms with Gasteiger partial charge in [0.2, 0.25) is 5.91 Å². The van der Waals surface area contributed by atoms with Crippen molar-refractivity contribution in [3.8, 4) is 5.82 Å². The van der Waals surface area contributed by atoms with Gasteiger partial charge in [0.05, 0.1) is 17.8 Å². The molecule has 0 spiro atoms. The molecule has 0 unspecified atom stereocenters. The molecule has 28 heavy (non-hydrogen) atoms. The first-order chi connectivity index (χ1) is 13.6. The van der Waals surface area contributed by atoms with Gasteiger partial charge in [0.25, 0.3) is 0 Å². The Kier molecular flexibility index (Phi) is 4.95. The predicted molar refractivity (Wildman–Crippen MR) is 108 cm³/mol. The molecule has 1 fully saturated rings. The molecule has 3 aromatic heterocycles. The molecule has 3 aromatic rings. The lowest BCUT2D eigenvalue weighted by Crippen LogP contribution is -2.23. The van der Waals surface area contributed by atoms with Gasteiger partial charge in [-0.1, -0.05) is 6.07 Å². The second-order valence-electron chi connectivity index (χ2n) is 7.11. The van der Waals surface area contributed by atoms with Crippen molar-refractivity contribution < 1.29 is 9.53 Å². The van der Waals surface area contributed by atoms with Crippen LogP contribution in [0.4, 0.5) is 11.6 Å². The van der Waals surface area contributed by atoms with E-state index in [2.05, 4.69) is 10.3 Å². The van der Waals surface area contributed by atoms with E-state index in [-0.39, 0.29) is 5.91 Å². The first kappa shape index (κ1) is 18.4. The van der Waals surface area contributed by atoms with E-state index in [4.69, 9.17) is 14.8 Å². The minimum atomic E-state index is -0.153. The second kappa shape index (κ2) is 7.55. The number of carbonyl (C=O) groups is 1. The van der Waals surface area contributed by atoms with Crippen molar-refractivity contribution in [2.24, 2.45) is 0 Å².